The summed E-state index contributed by atoms with van der Waals surface area (Å²) in [6.45, 7) is 1.59. The number of nitrogens with zero attached hydrogens (tertiary/aromatic N) is 3. The van der Waals surface area contributed by atoms with Gasteiger partial charge in [-0.05, 0) is 31.0 Å². The molecule has 1 aromatic carbocycles. The summed E-state index contributed by atoms with van der Waals surface area (Å²) < 4.78 is 2.33. The molecule has 1 amide bonds. The Labute approximate surface area is 154 Å². The average Bonchev–Trinajstić information content (AvgIpc) is 3.03. The third kappa shape index (κ3) is 3.79. The molecule has 130 valence electrons. The second kappa shape index (κ2) is 8.09. The van der Waals surface area contributed by atoms with Crippen molar-refractivity contribution in [1.82, 2.24) is 14.5 Å². The molecular formula is C16H20BrClN4O2. The smallest absolute Gasteiger partial charge is 0.261 e. The van der Waals surface area contributed by atoms with E-state index < -0.39 is 0 Å². The highest BCUT2D eigenvalue weighted by Gasteiger charge is 2.27. The molecule has 1 aliphatic heterocycles. The lowest BCUT2D eigenvalue weighted by Gasteiger charge is -2.23. The summed E-state index contributed by atoms with van der Waals surface area (Å²) in [5, 5.41) is 0.551. The Morgan fingerprint density at radius 2 is 2.21 bits per heavy atom. The number of carbonyl (C=O) groups is 1. The maximum Gasteiger partial charge on any atom is 0.261 e. The van der Waals surface area contributed by atoms with Gasteiger partial charge in [-0.3, -0.25) is 14.2 Å². The van der Waals surface area contributed by atoms with Crippen molar-refractivity contribution >= 4 is 45.1 Å². The monoisotopic (exact) mass is 414 g/mol. The highest BCUT2D eigenvalue weighted by Crippen LogP contribution is 2.18. The van der Waals surface area contributed by atoms with Crippen molar-refractivity contribution in [2.75, 3.05) is 13.1 Å². The van der Waals surface area contributed by atoms with Crippen molar-refractivity contribution in [2.45, 2.75) is 31.8 Å². The Hall–Kier alpha value is -1.44. The molecular weight excluding hydrogens is 396 g/mol. The molecule has 2 N–H and O–H groups in total. The third-order valence-corrected chi connectivity index (χ3v) is 4.82. The van der Waals surface area contributed by atoms with Gasteiger partial charge >= 0.3 is 0 Å². The predicted molar refractivity (Wildman–Crippen MR) is 99.4 cm³/mol. The summed E-state index contributed by atoms with van der Waals surface area (Å²) in [6.07, 6.45) is 3.76. The maximum absolute atomic E-state index is 12.5. The van der Waals surface area contributed by atoms with Crippen LogP contribution in [0.3, 0.4) is 0 Å². The summed E-state index contributed by atoms with van der Waals surface area (Å²) >= 11 is 3.36. The van der Waals surface area contributed by atoms with E-state index in [1.54, 1.807) is 12.1 Å². The van der Waals surface area contributed by atoms with E-state index in [1.807, 2.05) is 11.0 Å². The molecule has 1 fully saturated rings. The normalized spacial score (nSPS) is 17.1. The lowest BCUT2D eigenvalue weighted by molar-refractivity contribution is -0.132. The topological polar surface area (TPSA) is 81.2 Å². The van der Waals surface area contributed by atoms with Crippen LogP contribution in [0, 0.1) is 0 Å². The second-order valence-corrected chi connectivity index (χ2v) is 6.69. The molecule has 1 atom stereocenters. The molecule has 1 aliphatic rings. The molecule has 2 heterocycles. The van der Waals surface area contributed by atoms with Crippen LogP contribution >= 0.6 is 28.3 Å². The van der Waals surface area contributed by atoms with Crippen LogP contribution in [0.5, 0.6) is 0 Å². The summed E-state index contributed by atoms with van der Waals surface area (Å²) in [7, 11) is 0. The number of nitrogens with two attached hydrogens (primary N) is 1. The number of fused-ring (bicyclic) bond motifs is 1. The Kier molecular flexibility index (Phi) is 6.37. The number of carbonyl (C=O) groups excluding carboxylic acids is 1. The standard InChI is InChI=1S/C16H19BrN4O2.ClH/c17-11-3-4-14-13(8-11)16(23)20(10-19-14)7-5-15(22)21-6-1-2-12(21)9-18;/h3-4,8,10,12H,1-2,5-7,9,18H2;1H. The molecule has 3 rings (SSSR count). The van der Waals surface area contributed by atoms with Gasteiger partial charge in [0.05, 0.1) is 17.2 Å². The van der Waals surface area contributed by atoms with E-state index in [0.717, 1.165) is 23.9 Å². The largest absolute Gasteiger partial charge is 0.338 e. The van der Waals surface area contributed by atoms with Crippen LogP contribution in [0.15, 0.2) is 33.8 Å². The molecule has 8 heteroatoms. The molecule has 0 spiro atoms. The molecule has 2 aromatic rings. The number of halogens is 2. The number of rotatable bonds is 4. The van der Waals surface area contributed by atoms with Crippen molar-refractivity contribution in [3.05, 3.63) is 39.4 Å². The lowest BCUT2D eigenvalue weighted by Crippen LogP contribution is -2.40. The van der Waals surface area contributed by atoms with Crippen molar-refractivity contribution in [1.29, 1.82) is 0 Å². The van der Waals surface area contributed by atoms with Crippen LogP contribution in [0.4, 0.5) is 0 Å². The molecule has 0 saturated carbocycles. The number of aryl methyl sites for hydroxylation is 1. The number of aromatic nitrogens is 2. The van der Waals surface area contributed by atoms with Crippen molar-refractivity contribution in [3.8, 4) is 0 Å². The number of hydrogen-bond donors (Lipinski definition) is 1. The number of benzene rings is 1. The van der Waals surface area contributed by atoms with Gasteiger partial charge in [0, 0.05) is 36.6 Å². The number of amides is 1. The molecule has 1 unspecified atom stereocenters. The van der Waals surface area contributed by atoms with E-state index in [4.69, 9.17) is 5.73 Å². The van der Waals surface area contributed by atoms with E-state index in [0.29, 0.717) is 24.0 Å². The molecule has 6 nitrogen and oxygen atoms in total. The first-order valence-corrected chi connectivity index (χ1v) is 8.53. The fourth-order valence-electron chi connectivity index (χ4n) is 3.06. The van der Waals surface area contributed by atoms with Gasteiger partial charge in [-0.1, -0.05) is 15.9 Å². The van der Waals surface area contributed by atoms with Crippen LogP contribution in [0.25, 0.3) is 10.9 Å². The van der Waals surface area contributed by atoms with Crippen LogP contribution in [-0.2, 0) is 11.3 Å². The second-order valence-electron chi connectivity index (χ2n) is 5.77. The van der Waals surface area contributed by atoms with E-state index in [-0.39, 0.29) is 36.3 Å². The minimum atomic E-state index is -0.124. The Morgan fingerprint density at radius 3 is 2.96 bits per heavy atom. The zero-order valence-electron chi connectivity index (χ0n) is 13.2. The van der Waals surface area contributed by atoms with Crippen molar-refractivity contribution < 1.29 is 4.79 Å². The summed E-state index contributed by atoms with van der Waals surface area (Å²) in [6, 6.07) is 5.55. The highest BCUT2D eigenvalue weighted by atomic mass is 79.9. The molecule has 1 saturated heterocycles. The Balaban J connectivity index is 0.00000208. The van der Waals surface area contributed by atoms with Gasteiger partial charge in [0.1, 0.15) is 0 Å². The van der Waals surface area contributed by atoms with Gasteiger partial charge < -0.3 is 10.6 Å². The van der Waals surface area contributed by atoms with E-state index in [2.05, 4.69) is 20.9 Å². The summed E-state index contributed by atoms with van der Waals surface area (Å²) in [5.41, 5.74) is 6.24. The van der Waals surface area contributed by atoms with E-state index >= 15 is 0 Å². The molecule has 0 aliphatic carbocycles. The molecule has 0 radical (unpaired) electrons. The van der Waals surface area contributed by atoms with Crippen molar-refractivity contribution in [2.24, 2.45) is 5.73 Å². The minimum absolute atomic E-state index is 0. The van der Waals surface area contributed by atoms with E-state index in [9.17, 15) is 9.59 Å². The zero-order valence-corrected chi connectivity index (χ0v) is 15.6. The van der Waals surface area contributed by atoms with Crippen molar-refractivity contribution in [3.63, 3.8) is 0 Å². The maximum atomic E-state index is 12.5. The first-order valence-electron chi connectivity index (χ1n) is 7.74. The van der Waals surface area contributed by atoms with Crippen LogP contribution < -0.4 is 11.3 Å². The molecule has 24 heavy (non-hydrogen) atoms. The number of likely N-dealkylation sites (tertiary alicyclic amines) is 1. The first-order chi connectivity index (χ1) is 11.1. The Bertz CT molecular complexity index is 795. The van der Waals surface area contributed by atoms with Gasteiger partial charge in [0.25, 0.3) is 5.56 Å². The number of hydrogen-bond acceptors (Lipinski definition) is 4. The van der Waals surface area contributed by atoms with Gasteiger partial charge in [0.15, 0.2) is 0 Å². The predicted octanol–water partition coefficient (Wildman–Crippen LogP) is 1.92. The highest BCUT2D eigenvalue weighted by molar-refractivity contribution is 9.10. The summed E-state index contributed by atoms with van der Waals surface area (Å²) in [4.78, 5) is 31.0. The molecule has 1 aromatic heterocycles. The van der Waals surface area contributed by atoms with Gasteiger partial charge in [-0.15, -0.1) is 12.4 Å². The fraction of sp³-hybridized carbons (Fsp3) is 0.438. The van der Waals surface area contributed by atoms with Gasteiger partial charge in [-0.25, -0.2) is 4.98 Å². The Morgan fingerprint density at radius 1 is 1.42 bits per heavy atom. The fourth-order valence-corrected chi connectivity index (χ4v) is 3.42. The van der Waals surface area contributed by atoms with Gasteiger partial charge in [-0.2, -0.15) is 0 Å². The lowest BCUT2D eigenvalue weighted by atomic mass is 10.2. The zero-order chi connectivity index (χ0) is 16.4. The van der Waals surface area contributed by atoms with Gasteiger partial charge in [0.2, 0.25) is 5.91 Å². The third-order valence-electron chi connectivity index (χ3n) is 4.32. The first kappa shape index (κ1) is 18.9. The van der Waals surface area contributed by atoms with E-state index in [1.165, 1.54) is 10.9 Å². The van der Waals surface area contributed by atoms with Crippen LogP contribution in [-0.4, -0.2) is 39.5 Å². The SMILES string of the molecule is Cl.NCC1CCCN1C(=O)CCn1cnc2ccc(Br)cc2c1=O. The average molecular weight is 416 g/mol. The van der Waals surface area contributed by atoms with Crippen LogP contribution in [0.2, 0.25) is 0 Å². The van der Waals surface area contributed by atoms with Crippen LogP contribution in [0.1, 0.15) is 19.3 Å². The minimum Gasteiger partial charge on any atom is -0.338 e. The quantitative estimate of drug-likeness (QED) is 0.827. The summed E-state index contributed by atoms with van der Waals surface area (Å²) in [5.74, 6) is 0.0548. The molecule has 0 bridgehead atoms.